The summed E-state index contributed by atoms with van der Waals surface area (Å²) in [5.74, 6) is 1.24. The molecule has 1 N–H and O–H groups in total. The topological polar surface area (TPSA) is 94.3 Å². The highest BCUT2D eigenvalue weighted by molar-refractivity contribution is 7.98. The zero-order valence-electron chi connectivity index (χ0n) is 11.7. The molecule has 3 rings (SSSR count). The van der Waals surface area contributed by atoms with E-state index in [0.29, 0.717) is 29.6 Å². The highest BCUT2D eigenvalue weighted by atomic mass is 32.2. The second-order valence-electron chi connectivity index (χ2n) is 4.39. The van der Waals surface area contributed by atoms with Gasteiger partial charge < -0.3 is 13.9 Å². The fourth-order valence-electron chi connectivity index (χ4n) is 1.97. The summed E-state index contributed by atoms with van der Waals surface area (Å²) in [6.45, 7) is 2.69. The van der Waals surface area contributed by atoms with E-state index in [2.05, 4.69) is 10.2 Å². The molecule has 0 unspecified atom stereocenters. The van der Waals surface area contributed by atoms with Crippen molar-refractivity contribution in [2.45, 2.75) is 24.4 Å². The summed E-state index contributed by atoms with van der Waals surface area (Å²) in [7, 11) is 0. The van der Waals surface area contributed by atoms with Gasteiger partial charge in [0, 0.05) is 6.54 Å². The van der Waals surface area contributed by atoms with E-state index in [0.717, 1.165) is 5.16 Å². The molecule has 3 aromatic rings. The van der Waals surface area contributed by atoms with Gasteiger partial charge in [-0.2, -0.15) is 0 Å². The Labute approximate surface area is 129 Å². The van der Waals surface area contributed by atoms with E-state index >= 15 is 0 Å². The third-order valence-corrected chi connectivity index (χ3v) is 3.98. The number of thioether (sulfide) groups is 1. The fourth-order valence-corrected chi connectivity index (χ4v) is 2.87. The van der Waals surface area contributed by atoms with Crippen LogP contribution in [0.15, 0.2) is 44.5 Å². The summed E-state index contributed by atoms with van der Waals surface area (Å²) in [6.07, 6.45) is 1.59. The van der Waals surface area contributed by atoms with Gasteiger partial charge in [0.15, 0.2) is 16.7 Å². The maximum Gasteiger partial charge on any atom is 0.371 e. The maximum atomic E-state index is 10.8. The van der Waals surface area contributed by atoms with Gasteiger partial charge in [0.2, 0.25) is 5.76 Å². The van der Waals surface area contributed by atoms with Gasteiger partial charge in [-0.3, -0.25) is 4.57 Å². The number of furan rings is 2. The lowest BCUT2D eigenvalue weighted by Gasteiger charge is -2.04. The van der Waals surface area contributed by atoms with Crippen molar-refractivity contribution in [2.75, 3.05) is 0 Å². The average molecular weight is 319 g/mol. The van der Waals surface area contributed by atoms with E-state index in [9.17, 15) is 4.79 Å². The molecule has 0 saturated carbocycles. The molecule has 114 valence electrons. The second kappa shape index (κ2) is 6.10. The monoisotopic (exact) mass is 319 g/mol. The summed E-state index contributed by atoms with van der Waals surface area (Å²) in [5.41, 5.74) is 0. The lowest BCUT2D eigenvalue weighted by Crippen LogP contribution is -1.99. The molecule has 3 heterocycles. The molecule has 0 aliphatic heterocycles. The zero-order chi connectivity index (χ0) is 15.5. The molecule has 0 saturated heterocycles. The largest absolute Gasteiger partial charge is 0.475 e. The lowest BCUT2D eigenvalue weighted by molar-refractivity contribution is 0.0661. The van der Waals surface area contributed by atoms with E-state index in [1.807, 2.05) is 17.6 Å². The van der Waals surface area contributed by atoms with Crippen LogP contribution in [0.3, 0.4) is 0 Å². The SMILES string of the molecule is CCn1c(SCc2ccc(C(=O)O)o2)nnc1-c1ccco1. The van der Waals surface area contributed by atoms with Gasteiger partial charge in [-0.1, -0.05) is 11.8 Å². The van der Waals surface area contributed by atoms with Gasteiger partial charge in [0.1, 0.15) is 5.76 Å². The van der Waals surface area contributed by atoms with Crippen LogP contribution in [-0.4, -0.2) is 25.8 Å². The Morgan fingerprint density at radius 1 is 1.36 bits per heavy atom. The maximum absolute atomic E-state index is 10.8. The molecule has 0 spiro atoms. The van der Waals surface area contributed by atoms with Crippen molar-refractivity contribution in [3.8, 4) is 11.6 Å². The molecule has 0 bridgehead atoms. The highest BCUT2D eigenvalue weighted by Gasteiger charge is 2.16. The molecule has 0 radical (unpaired) electrons. The first-order valence-electron chi connectivity index (χ1n) is 6.61. The van der Waals surface area contributed by atoms with E-state index in [4.69, 9.17) is 13.9 Å². The normalized spacial score (nSPS) is 11.0. The minimum Gasteiger partial charge on any atom is -0.475 e. The van der Waals surface area contributed by atoms with Gasteiger partial charge in [-0.15, -0.1) is 10.2 Å². The van der Waals surface area contributed by atoms with Crippen LogP contribution in [0.25, 0.3) is 11.6 Å². The van der Waals surface area contributed by atoms with Crippen LogP contribution >= 0.6 is 11.8 Å². The molecule has 0 amide bonds. The first kappa shape index (κ1) is 14.5. The Kier molecular flexibility index (Phi) is 4.01. The molecular weight excluding hydrogens is 306 g/mol. The summed E-state index contributed by atoms with van der Waals surface area (Å²) in [6, 6.07) is 6.72. The third-order valence-electron chi connectivity index (χ3n) is 2.99. The van der Waals surface area contributed by atoms with Crippen LogP contribution in [0.2, 0.25) is 0 Å². The Hall–Kier alpha value is -2.48. The first-order valence-corrected chi connectivity index (χ1v) is 7.59. The van der Waals surface area contributed by atoms with Crippen molar-refractivity contribution in [3.63, 3.8) is 0 Å². The number of aromatic nitrogens is 3. The van der Waals surface area contributed by atoms with Crippen molar-refractivity contribution in [3.05, 3.63) is 42.0 Å². The number of aromatic carboxylic acids is 1. The number of carboxylic acid groups (broad SMARTS) is 1. The zero-order valence-corrected chi connectivity index (χ0v) is 12.5. The van der Waals surface area contributed by atoms with E-state index in [1.165, 1.54) is 17.8 Å². The smallest absolute Gasteiger partial charge is 0.371 e. The van der Waals surface area contributed by atoms with Crippen LogP contribution < -0.4 is 0 Å². The Bertz CT molecular complexity index is 776. The van der Waals surface area contributed by atoms with E-state index in [-0.39, 0.29) is 5.76 Å². The number of rotatable bonds is 6. The van der Waals surface area contributed by atoms with Crippen molar-refractivity contribution in [2.24, 2.45) is 0 Å². The van der Waals surface area contributed by atoms with Crippen LogP contribution in [-0.2, 0) is 12.3 Å². The summed E-state index contributed by atoms with van der Waals surface area (Å²) >= 11 is 1.43. The number of hydrogen-bond donors (Lipinski definition) is 1. The van der Waals surface area contributed by atoms with Crippen molar-refractivity contribution < 1.29 is 18.7 Å². The fraction of sp³-hybridized carbons (Fsp3) is 0.214. The van der Waals surface area contributed by atoms with Crippen LogP contribution in [0.4, 0.5) is 0 Å². The van der Waals surface area contributed by atoms with Gasteiger partial charge in [0.25, 0.3) is 0 Å². The van der Waals surface area contributed by atoms with Crippen molar-refractivity contribution in [1.82, 2.24) is 14.8 Å². The molecular formula is C14H13N3O4S. The molecule has 0 fully saturated rings. The Balaban J connectivity index is 1.76. The molecule has 0 atom stereocenters. The quantitative estimate of drug-likeness (QED) is 0.697. The Morgan fingerprint density at radius 3 is 2.86 bits per heavy atom. The van der Waals surface area contributed by atoms with E-state index in [1.54, 1.807) is 18.4 Å². The average Bonchev–Trinajstić information content (AvgIpc) is 3.23. The number of hydrogen-bond acceptors (Lipinski definition) is 6. The molecule has 22 heavy (non-hydrogen) atoms. The molecule has 0 aromatic carbocycles. The standard InChI is InChI=1S/C14H13N3O4S/c1-2-17-12(10-4-3-7-20-10)15-16-14(17)22-8-9-5-6-11(21-9)13(18)19/h3-7H,2,8H2,1H3,(H,18,19). The third kappa shape index (κ3) is 2.77. The number of carbonyl (C=O) groups is 1. The summed E-state index contributed by atoms with van der Waals surface area (Å²) < 4.78 is 12.5. The minimum atomic E-state index is -1.08. The molecule has 7 nitrogen and oxygen atoms in total. The lowest BCUT2D eigenvalue weighted by atomic mass is 10.4. The predicted molar refractivity (Wildman–Crippen MR) is 78.6 cm³/mol. The summed E-state index contributed by atoms with van der Waals surface area (Å²) in [4.78, 5) is 10.8. The van der Waals surface area contributed by atoms with Gasteiger partial charge >= 0.3 is 5.97 Å². The van der Waals surface area contributed by atoms with Crippen molar-refractivity contribution >= 4 is 17.7 Å². The summed E-state index contributed by atoms with van der Waals surface area (Å²) in [5, 5.41) is 17.9. The predicted octanol–water partition coefficient (Wildman–Crippen LogP) is 3.14. The van der Waals surface area contributed by atoms with Crippen LogP contribution in [0.5, 0.6) is 0 Å². The van der Waals surface area contributed by atoms with Crippen molar-refractivity contribution in [1.29, 1.82) is 0 Å². The van der Waals surface area contributed by atoms with Crippen LogP contribution in [0, 0.1) is 0 Å². The van der Waals surface area contributed by atoms with Crippen LogP contribution in [0.1, 0.15) is 23.2 Å². The molecule has 8 heteroatoms. The van der Waals surface area contributed by atoms with Gasteiger partial charge in [-0.05, 0) is 31.2 Å². The molecule has 3 aromatic heterocycles. The number of nitrogens with zero attached hydrogens (tertiary/aromatic N) is 3. The highest BCUT2D eigenvalue weighted by Crippen LogP contribution is 2.27. The number of carboxylic acids is 1. The first-order chi connectivity index (χ1) is 10.7. The minimum absolute atomic E-state index is 0.0659. The molecule has 0 aliphatic carbocycles. The van der Waals surface area contributed by atoms with E-state index < -0.39 is 5.97 Å². The van der Waals surface area contributed by atoms with Gasteiger partial charge in [0.05, 0.1) is 12.0 Å². The molecule has 0 aliphatic rings. The Morgan fingerprint density at radius 2 is 2.23 bits per heavy atom. The van der Waals surface area contributed by atoms with Gasteiger partial charge in [-0.25, -0.2) is 4.79 Å². The second-order valence-corrected chi connectivity index (χ2v) is 5.33.